The van der Waals surface area contributed by atoms with Crippen LogP contribution in [-0.4, -0.2) is 49.7 Å². The van der Waals surface area contributed by atoms with Crippen molar-refractivity contribution in [2.75, 3.05) is 6.54 Å². The van der Waals surface area contributed by atoms with Crippen molar-refractivity contribution in [1.82, 2.24) is 20.1 Å². The minimum atomic E-state index is -0.961. The maximum Gasteiger partial charge on any atom is 0.326 e. The van der Waals surface area contributed by atoms with Gasteiger partial charge in [-0.1, -0.05) is 6.92 Å². The number of carbonyl (C=O) groups excluding carboxylic acids is 1. The first kappa shape index (κ1) is 13.5. The number of carbonyl (C=O) groups is 2. The molecule has 1 aromatic heterocycles. The molecule has 1 unspecified atom stereocenters. The standard InChI is InChI=1S/C12H18N4O3/c1-2-5-9-13-10(15-14-9)11(17)16-7-4-3-6-8(16)12(18)19/h8H,2-7H2,1H3,(H,18,19)(H,13,14,15). The minimum absolute atomic E-state index is 0.0663. The predicted molar refractivity (Wildman–Crippen MR) is 66.7 cm³/mol. The van der Waals surface area contributed by atoms with Crippen LogP contribution in [0, 0.1) is 0 Å². The Morgan fingerprint density at radius 2 is 2.26 bits per heavy atom. The summed E-state index contributed by atoms with van der Waals surface area (Å²) in [5, 5.41) is 15.7. The van der Waals surface area contributed by atoms with Crippen molar-refractivity contribution in [2.24, 2.45) is 0 Å². The lowest BCUT2D eigenvalue weighted by atomic mass is 10.0. The summed E-state index contributed by atoms with van der Waals surface area (Å²) in [5.41, 5.74) is 0. The molecular weight excluding hydrogens is 248 g/mol. The predicted octanol–water partition coefficient (Wildman–Crippen LogP) is 0.837. The van der Waals surface area contributed by atoms with Crippen molar-refractivity contribution in [1.29, 1.82) is 0 Å². The summed E-state index contributed by atoms with van der Waals surface area (Å²) in [6, 6.07) is -0.755. The van der Waals surface area contributed by atoms with E-state index < -0.39 is 17.9 Å². The third-order valence-corrected chi connectivity index (χ3v) is 3.26. The van der Waals surface area contributed by atoms with Crippen molar-refractivity contribution in [3.05, 3.63) is 11.6 Å². The van der Waals surface area contributed by atoms with E-state index in [4.69, 9.17) is 5.11 Å². The molecule has 1 aliphatic rings. The number of hydrogen-bond donors (Lipinski definition) is 2. The molecule has 1 amide bonds. The van der Waals surface area contributed by atoms with Crippen molar-refractivity contribution in [3.8, 4) is 0 Å². The maximum atomic E-state index is 12.2. The molecule has 0 aliphatic carbocycles. The summed E-state index contributed by atoms with van der Waals surface area (Å²) in [7, 11) is 0. The largest absolute Gasteiger partial charge is 0.480 e. The first-order valence-corrected chi connectivity index (χ1v) is 6.58. The SMILES string of the molecule is CCCc1nc(C(=O)N2CCCCC2C(=O)O)n[nH]1. The second kappa shape index (κ2) is 5.81. The molecule has 2 rings (SSSR count). The summed E-state index contributed by atoms with van der Waals surface area (Å²) in [4.78, 5) is 28.9. The number of nitrogens with one attached hydrogen (secondary N) is 1. The highest BCUT2D eigenvalue weighted by atomic mass is 16.4. The fourth-order valence-electron chi connectivity index (χ4n) is 2.30. The van der Waals surface area contributed by atoms with Gasteiger partial charge in [-0.05, 0) is 25.7 Å². The molecule has 0 aromatic carbocycles. The highest BCUT2D eigenvalue weighted by molar-refractivity contribution is 5.93. The number of hydrogen-bond acceptors (Lipinski definition) is 4. The monoisotopic (exact) mass is 266 g/mol. The number of aromatic amines is 1. The minimum Gasteiger partial charge on any atom is -0.480 e. The van der Waals surface area contributed by atoms with Crippen molar-refractivity contribution >= 4 is 11.9 Å². The number of aryl methyl sites for hydroxylation is 1. The van der Waals surface area contributed by atoms with Gasteiger partial charge in [-0.15, -0.1) is 5.10 Å². The molecule has 2 N–H and O–H groups in total. The third kappa shape index (κ3) is 2.91. The van der Waals surface area contributed by atoms with Gasteiger partial charge in [-0.2, -0.15) is 0 Å². The van der Waals surface area contributed by atoms with Crippen LogP contribution in [0.2, 0.25) is 0 Å². The first-order chi connectivity index (χ1) is 9.13. The van der Waals surface area contributed by atoms with Crippen LogP contribution in [0.25, 0.3) is 0 Å². The molecule has 1 atom stereocenters. The zero-order chi connectivity index (χ0) is 13.8. The number of H-pyrrole nitrogens is 1. The summed E-state index contributed by atoms with van der Waals surface area (Å²) in [6.07, 6.45) is 3.78. The Balaban J connectivity index is 2.14. The van der Waals surface area contributed by atoms with Gasteiger partial charge in [0.05, 0.1) is 0 Å². The third-order valence-electron chi connectivity index (χ3n) is 3.26. The maximum absolute atomic E-state index is 12.2. The van der Waals surface area contributed by atoms with Crippen molar-refractivity contribution in [2.45, 2.75) is 45.1 Å². The zero-order valence-electron chi connectivity index (χ0n) is 10.9. The molecule has 0 spiro atoms. The number of carboxylic acid groups (broad SMARTS) is 1. The smallest absolute Gasteiger partial charge is 0.326 e. The van der Waals surface area contributed by atoms with Gasteiger partial charge in [0.2, 0.25) is 5.82 Å². The van der Waals surface area contributed by atoms with Crippen LogP contribution >= 0.6 is 0 Å². The molecule has 0 bridgehead atoms. The summed E-state index contributed by atoms with van der Waals surface area (Å²) in [6.45, 7) is 2.46. The topological polar surface area (TPSA) is 99.2 Å². The van der Waals surface area contributed by atoms with E-state index in [0.717, 1.165) is 25.7 Å². The first-order valence-electron chi connectivity index (χ1n) is 6.58. The molecule has 104 valence electrons. The van der Waals surface area contributed by atoms with Gasteiger partial charge in [0.1, 0.15) is 11.9 Å². The number of carboxylic acids is 1. The van der Waals surface area contributed by atoms with Crippen molar-refractivity contribution in [3.63, 3.8) is 0 Å². The number of piperidine rings is 1. The van der Waals surface area contributed by atoms with Crippen LogP contribution in [-0.2, 0) is 11.2 Å². The highest BCUT2D eigenvalue weighted by Gasteiger charge is 2.34. The van der Waals surface area contributed by atoms with Gasteiger partial charge in [-0.3, -0.25) is 9.89 Å². The van der Waals surface area contributed by atoms with Crippen LogP contribution < -0.4 is 0 Å². The Labute approximate surface area is 111 Å². The molecule has 0 saturated carbocycles. The van der Waals surface area contributed by atoms with Gasteiger partial charge in [0.25, 0.3) is 5.91 Å². The van der Waals surface area contributed by atoms with Crippen LogP contribution in [0.15, 0.2) is 0 Å². The molecule has 1 saturated heterocycles. The van der Waals surface area contributed by atoms with Crippen molar-refractivity contribution < 1.29 is 14.7 Å². The van der Waals surface area contributed by atoms with Crippen LogP contribution in [0.5, 0.6) is 0 Å². The van der Waals surface area contributed by atoms with Crippen LogP contribution in [0.1, 0.15) is 49.1 Å². The summed E-state index contributed by atoms with van der Waals surface area (Å²) < 4.78 is 0. The number of likely N-dealkylation sites (tertiary alicyclic amines) is 1. The lowest BCUT2D eigenvalue weighted by Crippen LogP contribution is -2.48. The number of aromatic nitrogens is 3. The zero-order valence-corrected chi connectivity index (χ0v) is 10.9. The van der Waals surface area contributed by atoms with E-state index >= 15 is 0 Å². The van der Waals surface area contributed by atoms with Gasteiger partial charge in [0, 0.05) is 13.0 Å². The Kier molecular flexibility index (Phi) is 4.13. The summed E-state index contributed by atoms with van der Waals surface area (Å²) in [5.74, 6) is -0.630. The average molecular weight is 266 g/mol. The van der Waals surface area contributed by atoms with Gasteiger partial charge < -0.3 is 10.0 Å². The number of amides is 1. The average Bonchev–Trinajstić information content (AvgIpc) is 2.87. The van der Waals surface area contributed by atoms with Gasteiger partial charge in [-0.25, -0.2) is 9.78 Å². The number of aliphatic carboxylic acids is 1. The molecule has 19 heavy (non-hydrogen) atoms. The van der Waals surface area contributed by atoms with E-state index in [9.17, 15) is 9.59 Å². The fourth-order valence-corrected chi connectivity index (χ4v) is 2.30. The Morgan fingerprint density at radius 1 is 1.47 bits per heavy atom. The molecule has 1 fully saturated rings. The number of nitrogens with zero attached hydrogens (tertiary/aromatic N) is 3. The highest BCUT2D eigenvalue weighted by Crippen LogP contribution is 2.19. The van der Waals surface area contributed by atoms with Crippen LogP contribution in [0.3, 0.4) is 0 Å². The van der Waals surface area contributed by atoms with Gasteiger partial charge >= 0.3 is 5.97 Å². The molecule has 1 aliphatic heterocycles. The molecule has 7 nitrogen and oxygen atoms in total. The quantitative estimate of drug-likeness (QED) is 0.841. The Bertz CT molecular complexity index is 471. The van der Waals surface area contributed by atoms with E-state index in [1.807, 2.05) is 6.92 Å². The van der Waals surface area contributed by atoms with E-state index in [-0.39, 0.29) is 5.82 Å². The van der Waals surface area contributed by atoms with Crippen LogP contribution in [0.4, 0.5) is 0 Å². The second-order valence-electron chi connectivity index (χ2n) is 4.70. The normalized spacial score (nSPS) is 19.4. The molecule has 7 heteroatoms. The molecule has 0 radical (unpaired) electrons. The summed E-state index contributed by atoms with van der Waals surface area (Å²) >= 11 is 0. The Hall–Kier alpha value is -1.92. The van der Waals surface area contributed by atoms with E-state index in [1.54, 1.807) is 0 Å². The number of rotatable bonds is 4. The van der Waals surface area contributed by atoms with E-state index in [1.165, 1.54) is 4.90 Å². The molecular formula is C12H18N4O3. The second-order valence-corrected chi connectivity index (χ2v) is 4.70. The lowest BCUT2D eigenvalue weighted by molar-refractivity contribution is -0.143. The fraction of sp³-hybridized carbons (Fsp3) is 0.667. The molecule has 2 heterocycles. The van der Waals surface area contributed by atoms with E-state index in [2.05, 4.69) is 15.2 Å². The lowest BCUT2D eigenvalue weighted by Gasteiger charge is -2.31. The van der Waals surface area contributed by atoms with Gasteiger partial charge in [0.15, 0.2) is 0 Å². The Morgan fingerprint density at radius 3 is 2.95 bits per heavy atom. The van der Waals surface area contributed by atoms with E-state index in [0.29, 0.717) is 18.8 Å². The molecule has 1 aromatic rings.